The summed E-state index contributed by atoms with van der Waals surface area (Å²) in [5.41, 5.74) is 7.09. The highest BCUT2D eigenvalue weighted by molar-refractivity contribution is 5.80. The summed E-state index contributed by atoms with van der Waals surface area (Å²) in [5, 5.41) is 11.0. The Balaban J connectivity index is 1.55. The third-order valence-electron chi connectivity index (χ3n) is 3.98. The number of nitrogens with zero attached hydrogens (tertiary/aromatic N) is 3. The zero-order chi connectivity index (χ0) is 16.9. The van der Waals surface area contributed by atoms with E-state index in [9.17, 15) is 4.79 Å². The fourth-order valence-corrected chi connectivity index (χ4v) is 2.60. The lowest BCUT2D eigenvalue weighted by atomic mass is 10.2. The van der Waals surface area contributed by atoms with Gasteiger partial charge in [0.15, 0.2) is 0 Å². The Labute approximate surface area is 139 Å². The number of carbonyl (C=O) groups excluding carboxylic acids is 1. The second kappa shape index (κ2) is 7.41. The fraction of sp³-hybridized carbons (Fsp3) is 0.438. The molecular formula is C16H21N5O3. The van der Waals surface area contributed by atoms with Crippen molar-refractivity contribution in [2.24, 2.45) is 5.73 Å². The Morgan fingerprint density at radius 1 is 1.42 bits per heavy atom. The summed E-state index contributed by atoms with van der Waals surface area (Å²) < 4.78 is 12.3. The van der Waals surface area contributed by atoms with Crippen molar-refractivity contribution >= 4 is 5.91 Å². The van der Waals surface area contributed by atoms with Gasteiger partial charge in [0, 0.05) is 6.54 Å². The van der Waals surface area contributed by atoms with Crippen molar-refractivity contribution in [3.63, 3.8) is 0 Å². The van der Waals surface area contributed by atoms with Crippen molar-refractivity contribution in [3.05, 3.63) is 36.2 Å². The summed E-state index contributed by atoms with van der Waals surface area (Å²) in [7, 11) is 1.62. The Morgan fingerprint density at radius 3 is 2.88 bits per heavy atom. The average molecular weight is 331 g/mol. The van der Waals surface area contributed by atoms with Gasteiger partial charge < -0.3 is 20.5 Å². The molecule has 1 aliphatic rings. The van der Waals surface area contributed by atoms with Crippen molar-refractivity contribution in [2.45, 2.75) is 31.6 Å². The van der Waals surface area contributed by atoms with Gasteiger partial charge in [0.05, 0.1) is 31.6 Å². The molecule has 1 saturated heterocycles. The molecule has 0 unspecified atom stereocenters. The molecule has 2 atom stereocenters. The molecule has 1 aromatic carbocycles. The van der Waals surface area contributed by atoms with Crippen molar-refractivity contribution < 1.29 is 14.3 Å². The smallest absolute Gasteiger partial charge is 0.249 e. The Hall–Kier alpha value is -2.45. The zero-order valence-corrected chi connectivity index (χ0v) is 13.5. The number of methoxy groups -OCH3 is 1. The van der Waals surface area contributed by atoms with Crippen molar-refractivity contribution in [2.75, 3.05) is 13.7 Å². The van der Waals surface area contributed by atoms with Gasteiger partial charge in [-0.3, -0.25) is 4.79 Å². The van der Waals surface area contributed by atoms with Crippen LogP contribution in [0.5, 0.6) is 5.75 Å². The van der Waals surface area contributed by atoms with Gasteiger partial charge in [-0.1, -0.05) is 5.21 Å². The molecule has 0 aliphatic carbocycles. The molecule has 2 heterocycles. The lowest BCUT2D eigenvalue weighted by Gasteiger charge is -2.11. The van der Waals surface area contributed by atoms with E-state index in [-0.39, 0.29) is 12.0 Å². The molecule has 0 radical (unpaired) electrons. The van der Waals surface area contributed by atoms with Crippen LogP contribution >= 0.6 is 0 Å². The zero-order valence-electron chi connectivity index (χ0n) is 13.5. The lowest BCUT2D eigenvalue weighted by molar-refractivity contribution is -0.132. The fourth-order valence-electron chi connectivity index (χ4n) is 2.60. The molecule has 3 N–H and O–H groups in total. The molecule has 8 nitrogen and oxygen atoms in total. The highest BCUT2D eigenvalue weighted by Crippen LogP contribution is 2.19. The standard InChI is InChI=1S/C16H21N5O3/c1-23-13-4-2-12(3-5-13)21-10-11(19-20-21)9-18-16(22)15-7-6-14(8-17)24-15/h2-5,10,14-15H,6-9,17H2,1H3,(H,18,22)/t14-,15+/m1/s1. The number of aromatic nitrogens is 3. The summed E-state index contributed by atoms with van der Waals surface area (Å²) in [4.78, 5) is 12.1. The second-order valence-electron chi connectivity index (χ2n) is 5.63. The maximum absolute atomic E-state index is 12.1. The van der Waals surface area contributed by atoms with Crippen molar-refractivity contribution in [3.8, 4) is 11.4 Å². The molecule has 2 aromatic rings. The number of benzene rings is 1. The lowest BCUT2D eigenvalue weighted by Crippen LogP contribution is -2.35. The quantitative estimate of drug-likeness (QED) is 0.794. The third-order valence-corrected chi connectivity index (χ3v) is 3.98. The van der Waals surface area contributed by atoms with E-state index in [1.54, 1.807) is 18.0 Å². The van der Waals surface area contributed by atoms with E-state index in [0.717, 1.165) is 17.9 Å². The van der Waals surface area contributed by atoms with Gasteiger partial charge in [-0.25, -0.2) is 4.68 Å². The predicted octanol–water partition coefficient (Wildman–Crippen LogP) is 0.398. The second-order valence-corrected chi connectivity index (χ2v) is 5.63. The highest BCUT2D eigenvalue weighted by Gasteiger charge is 2.29. The molecule has 3 rings (SSSR count). The predicted molar refractivity (Wildman–Crippen MR) is 86.7 cm³/mol. The van der Waals surface area contributed by atoms with E-state index in [2.05, 4.69) is 15.6 Å². The molecule has 0 saturated carbocycles. The average Bonchev–Trinajstić information content (AvgIpc) is 3.29. The number of hydrogen-bond acceptors (Lipinski definition) is 6. The maximum atomic E-state index is 12.1. The van der Waals surface area contributed by atoms with Crippen LogP contribution in [-0.2, 0) is 16.1 Å². The molecule has 24 heavy (non-hydrogen) atoms. The van der Waals surface area contributed by atoms with Crippen LogP contribution in [0.25, 0.3) is 5.69 Å². The number of ether oxygens (including phenoxy) is 2. The largest absolute Gasteiger partial charge is 0.497 e. The SMILES string of the molecule is COc1ccc(-n2cc(CNC(=O)[C@@H]3CC[C@H](CN)O3)nn2)cc1. The number of nitrogens with one attached hydrogen (secondary N) is 1. The molecule has 0 spiro atoms. The molecule has 128 valence electrons. The van der Waals surface area contributed by atoms with Gasteiger partial charge in [-0.2, -0.15) is 0 Å². The Morgan fingerprint density at radius 2 is 2.21 bits per heavy atom. The third kappa shape index (κ3) is 3.72. The van der Waals surface area contributed by atoms with Gasteiger partial charge >= 0.3 is 0 Å². The van der Waals surface area contributed by atoms with Gasteiger partial charge in [-0.15, -0.1) is 5.10 Å². The number of rotatable bonds is 6. The number of hydrogen-bond donors (Lipinski definition) is 2. The summed E-state index contributed by atoms with van der Waals surface area (Å²) in [5.74, 6) is 0.642. The first-order valence-electron chi connectivity index (χ1n) is 7.88. The normalized spacial score (nSPS) is 20.1. The van der Waals surface area contributed by atoms with Gasteiger partial charge in [0.25, 0.3) is 0 Å². The maximum Gasteiger partial charge on any atom is 0.249 e. The van der Waals surface area contributed by atoms with Gasteiger partial charge in [0.1, 0.15) is 17.5 Å². The van der Waals surface area contributed by atoms with Crippen LogP contribution in [-0.4, -0.2) is 46.8 Å². The van der Waals surface area contributed by atoms with E-state index in [1.807, 2.05) is 24.3 Å². The first-order valence-corrected chi connectivity index (χ1v) is 7.88. The van der Waals surface area contributed by atoms with Crippen LogP contribution in [0.4, 0.5) is 0 Å². The highest BCUT2D eigenvalue weighted by atomic mass is 16.5. The Bertz CT molecular complexity index is 685. The van der Waals surface area contributed by atoms with Gasteiger partial charge in [0.2, 0.25) is 5.91 Å². The number of carbonyl (C=O) groups is 1. The number of nitrogens with two attached hydrogens (primary N) is 1. The first kappa shape index (κ1) is 16.4. The van der Waals surface area contributed by atoms with Gasteiger partial charge in [-0.05, 0) is 37.1 Å². The van der Waals surface area contributed by atoms with Crippen LogP contribution in [0.3, 0.4) is 0 Å². The summed E-state index contributed by atoms with van der Waals surface area (Å²) >= 11 is 0. The van der Waals surface area contributed by atoms with E-state index >= 15 is 0 Å². The molecule has 1 fully saturated rings. The molecule has 1 amide bonds. The van der Waals surface area contributed by atoms with E-state index in [0.29, 0.717) is 25.2 Å². The Kier molecular flexibility index (Phi) is 5.07. The minimum absolute atomic E-state index is 0.0169. The number of amides is 1. The monoisotopic (exact) mass is 331 g/mol. The minimum Gasteiger partial charge on any atom is -0.497 e. The van der Waals surface area contributed by atoms with Crippen LogP contribution in [0.2, 0.25) is 0 Å². The van der Waals surface area contributed by atoms with Crippen molar-refractivity contribution in [1.82, 2.24) is 20.3 Å². The van der Waals surface area contributed by atoms with E-state index in [1.165, 1.54) is 0 Å². The molecular weight excluding hydrogens is 310 g/mol. The molecule has 8 heteroatoms. The molecule has 1 aliphatic heterocycles. The van der Waals surface area contributed by atoms with Crippen molar-refractivity contribution in [1.29, 1.82) is 0 Å². The summed E-state index contributed by atoms with van der Waals surface area (Å²) in [6, 6.07) is 7.47. The first-order chi connectivity index (χ1) is 11.7. The van der Waals surface area contributed by atoms with Crippen LogP contribution in [0.15, 0.2) is 30.5 Å². The van der Waals surface area contributed by atoms with Crippen LogP contribution < -0.4 is 15.8 Å². The van der Waals surface area contributed by atoms with Crippen LogP contribution in [0, 0.1) is 0 Å². The van der Waals surface area contributed by atoms with E-state index < -0.39 is 6.10 Å². The minimum atomic E-state index is -0.421. The topological polar surface area (TPSA) is 104 Å². The summed E-state index contributed by atoms with van der Waals surface area (Å²) in [6.07, 6.45) is 2.86. The molecule has 0 bridgehead atoms. The molecule has 1 aromatic heterocycles. The van der Waals surface area contributed by atoms with Crippen LogP contribution in [0.1, 0.15) is 18.5 Å². The van der Waals surface area contributed by atoms with E-state index in [4.69, 9.17) is 15.2 Å². The summed E-state index contributed by atoms with van der Waals surface area (Å²) in [6.45, 7) is 0.752.